The Labute approximate surface area is 150 Å². The first kappa shape index (κ1) is 19.2. The van der Waals surface area contributed by atoms with Gasteiger partial charge in [0.2, 0.25) is 10.0 Å². The number of nitrogens with one attached hydrogen (secondary N) is 2. The van der Waals surface area contributed by atoms with E-state index in [1.54, 1.807) is 18.3 Å². The van der Waals surface area contributed by atoms with Gasteiger partial charge < -0.3 is 5.32 Å². The fourth-order valence-corrected chi connectivity index (χ4v) is 3.81. The van der Waals surface area contributed by atoms with Crippen molar-refractivity contribution < 1.29 is 8.42 Å². The number of aryl methyl sites for hydroxylation is 1. The minimum Gasteiger partial charge on any atom is -0.340 e. The highest BCUT2D eigenvalue weighted by atomic mass is 32.2. The lowest BCUT2D eigenvalue weighted by Crippen LogP contribution is -2.16. The van der Waals surface area contributed by atoms with Crippen molar-refractivity contribution in [1.82, 2.24) is 4.98 Å². The van der Waals surface area contributed by atoms with Crippen LogP contribution in [0, 0.1) is 6.92 Å². The molecule has 1 heterocycles. The van der Waals surface area contributed by atoms with E-state index in [9.17, 15) is 8.42 Å². The van der Waals surface area contributed by atoms with Gasteiger partial charge in [0.1, 0.15) is 5.82 Å². The summed E-state index contributed by atoms with van der Waals surface area (Å²) in [6.07, 6.45) is 3.03. The van der Waals surface area contributed by atoms with Crippen molar-refractivity contribution >= 4 is 27.2 Å². The summed E-state index contributed by atoms with van der Waals surface area (Å²) in [6, 6.07) is 9.73. The third-order valence-corrected chi connectivity index (χ3v) is 5.36. The van der Waals surface area contributed by atoms with Crippen molar-refractivity contribution in [3.05, 3.63) is 47.7 Å². The second-order valence-corrected chi connectivity index (χ2v) is 8.37. The van der Waals surface area contributed by atoms with Crippen molar-refractivity contribution in [2.75, 3.05) is 15.8 Å². The molecule has 0 amide bonds. The first-order valence-electron chi connectivity index (χ1n) is 8.65. The highest BCUT2D eigenvalue weighted by Gasteiger charge is 2.11. The summed E-state index contributed by atoms with van der Waals surface area (Å²) < 4.78 is 26.5. The first-order chi connectivity index (χ1) is 11.8. The van der Waals surface area contributed by atoms with E-state index in [2.05, 4.69) is 54.0 Å². The van der Waals surface area contributed by atoms with E-state index >= 15 is 0 Å². The molecule has 5 nitrogen and oxygen atoms in total. The van der Waals surface area contributed by atoms with E-state index in [-0.39, 0.29) is 5.75 Å². The number of nitrogens with zero attached hydrogens (tertiary/aromatic N) is 1. The van der Waals surface area contributed by atoms with Crippen molar-refractivity contribution in [3.8, 4) is 0 Å². The Morgan fingerprint density at radius 1 is 1.16 bits per heavy atom. The minimum atomic E-state index is -3.30. The highest BCUT2D eigenvalue weighted by Crippen LogP contribution is 2.29. The molecule has 2 aromatic rings. The largest absolute Gasteiger partial charge is 0.340 e. The molecule has 0 aliphatic carbocycles. The first-order valence-corrected chi connectivity index (χ1v) is 10.3. The summed E-state index contributed by atoms with van der Waals surface area (Å²) in [5.41, 5.74) is 3.92. The number of rotatable bonds is 8. The normalized spacial score (nSPS) is 11.6. The van der Waals surface area contributed by atoms with Crippen LogP contribution in [0.3, 0.4) is 0 Å². The van der Waals surface area contributed by atoms with Gasteiger partial charge in [0, 0.05) is 5.69 Å². The maximum absolute atomic E-state index is 11.9. The van der Waals surface area contributed by atoms with Crippen LogP contribution in [0.2, 0.25) is 0 Å². The number of hydrogen-bond donors (Lipinski definition) is 2. The molecule has 0 aliphatic heterocycles. The molecule has 0 fully saturated rings. The van der Waals surface area contributed by atoms with E-state index in [0.29, 0.717) is 23.8 Å². The van der Waals surface area contributed by atoms with Crippen molar-refractivity contribution in [3.63, 3.8) is 0 Å². The molecule has 0 bridgehead atoms. The molecule has 0 atom stereocenters. The number of benzene rings is 1. The molecular formula is C19H27N3O2S. The molecule has 136 valence electrons. The molecule has 0 aliphatic rings. The molecular weight excluding hydrogens is 334 g/mol. The molecule has 6 heteroatoms. The van der Waals surface area contributed by atoms with Gasteiger partial charge in [-0.2, -0.15) is 0 Å². The van der Waals surface area contributed by atoms with Crippen LogP contribution in [0.4, 0.5) is 17.2 Å². The summed E-state index contributed by atoms with van der Waals surface area (Å²) >= 11 is 0. The average molecular weight is 362 g/mol. The number of unbranched alkanes of at least 4 members (excludes halogenated alkanes) is 1. The number of sulfonamides is 1. The molecule has 0 saturated heterocycles. The zero-order chi connectivity index (χ0) is 18.4. The fourth-order valence-electron chi connectivity index (χ4n) is 2.56. The van der Waals surface area contributed by atoms with E-state index in [1.807, 2.05) is 6.92 Å². The second kappa shape index (κ2) is 8.34. The van der Waals surface area contributed by atoms with Crippen LogP contribution in [0.5, 0.6) is 0 Å². The van der Waals surface area contributed by atoms with Gasteiger partial charge in [-0.3, -0.25) is 4.72 Å². The van der Waals surface area contributed by atoms with Crippen LogP contribution < -0.4 is 10.0 Å². The highest BCUT2D eigenvalue weighted by molar-refractivity contribution is 7.92. The third kappa shape index (κ3) is 5.46. The lowest BCUT2D eigenvalue weighted by molar-refractivity contribution is 0.598. The van der Waals surface area contributed by atoms with Gasteiger partial charge in [0.25, 0.3) is 0 Å². The second-order valence-electron chi connectivity index (χ2n) is 6.53. The van der Waals surface area contributed by atoms with Gasteiger partial charge in [0.05, 0.1) is 17.6 Å². The Morgan fingerprint density at radius 3 is 2.52 bits per heavy atom. The Balaban J connectivity index is 2.14. The summed E-state index contributed by atoms with van der Waals surface area (Å²) in [5, 5.41) is 3.36. The van der Waals surface area contributed by atoms with Gasteiger partial charge in [-0.15, -0.1) is 0 Å². The molecule has 1 aromatic heterocycles. The Bertz CT molecular complexity index is 800. The fraction of sp³-hybridized carbons (Fsp3) is 0.421. The molecule has 0 saturated carbocycles. The van der Waals surface area contributed by atoms with Crippen LogP contribution in [-0.4, -0.2) is 19.2 Å². The quantitative estimate of drug-likeness (QED) is 0.708. The van der Waals surface area contributed by atoms with E-state index in [4.69, 9.17) is 0 Å². The number of pyridine rings is 1. The van der Waals surface area contributed by atoms with Crippen molar-refractivity contribution in [2.24, 2.45) is 0 Å². The number of para-hydroxylation sites is 1. The predicted molar refractivity (Wildman–Crippen MR) is 105 cm³/mol. The maximum atomic E-state index is 11.9. The van der Waals surface area contributed by atoms with Gasteiger partial charge in [-0.25, -0.2) is 13.4 Å². The molecule has 2 N–H and O–H groups in total. The number of aromatic nitrogens is 1. The van der Waals surface area contributed by atoms with Crippen molar-refractivity contribution in [1.29, 1.82) is 0 Å². The summed E-state index contributed by atoms with van der Waals surface area (Å²) in [4.78, 5) is 4.34. The SMILES string of the molecule is CCCCS(=O)(=O)Nc1ccc(Nc2c(C)cccc2C(C)C)nc1. The molecule has 0 spiro atoms. The lowest BCUT2D eigenvalue weighted by Gasteiger charge is -2.17. The smallest absolute Gasteiger partial charge is 0.232 e. The van der Waals surface area contributed by atoms with E-state index in [1.165, 1.54) is 5.56 Å². The Kier molecular flexibility index (Phi) is 6.42. The van der Waals surface area contributed by atoms with Crippen molar-refractivity contribution in [2.45, 2.75) is 46.5 Å². The molecule has 2 rings (SSSR count). The summed E-state index contributed by atoms with van der Waals surface area (Å²) in [7, 11) is -3.30. The zero-order valence-corrected chi connectivity index (χ0v) is 16.2. The topological polar surface area (TPSA) is 71.1 Å². The Hall–Kier alpha value is -2.08. The van der Waals surface area contributed by atoms with Crippen LogP contribution in [0.25, 0.3) is 0 Å². The minimum absolute atomic E-state index is 0.129. The zero-order valence-electron chi connectivity index (χ0n) is 15.3. The Morgan fingerprint density at radius 2 is 1.92 bits per heavy atom. The number of hydrogen-bond acceptors (Lipinski definition) is 4. The van der Waals surface area contributed by atoms with Gasteiger partial charge in [-0.05, 0) is 42.5 Å². The van der Waals surface area contributed by atoms with E-state index < -0.39 is 10.0 Å². The summed E-state index contributed by atoms with van der Waals surface area (Å²) in [6.45, 7) is 8.34. The predicted octanol–water partition coefficient (Wildman–Crippen LogP) is 4.80. The average Bonchev–Trinajstić information content (AvgIpc) is 2.56. The summed E-state index contributed by atoms with van der Waals surface area (Å²) in [5.74, 6) is 1.21. The lowest BCUT2D eigenvalue weighted by atomic mass is 9.98. The molecule has 1 aromatic carbocycles. The van der Waals surface area contributed by atoms with Gasteiger partial charge in [0.15, 0.2) is 0 Å². The monoisotopic (exact) mass is 361 g/mol. The molecule has 0 unspecified atom stereocenters. The maximum Gasteiger partial charge on any atom is 0.232 e. The number of anilines is 3. The van der Waals surface area contributed by atoms with E-state index in [0.717, 1.165) is 17.7 Å². The molecule has 0 radical (unpaired) electrons. The standard InChI is InChI=1S/C19H27N3O2S/c1-5-6-12-25(23,24)22-16-10-11-18(20-13-16)21-19-15(4)8-7-9-17(19)14(2)3/h7-11,13-14,22H,5-6,12H2,1-4H3,(H,20,21). The molecule has 25 heavy (non-hydrogen) atoms. The van der Waals surface area contributed by atoms with Crippen LogP contribution in [0.1, 0.15) is 50.7 Å². The van der Waals surface area contributed by atoms with Gasteiger partial charge in [-0.1, -0.05) is 45.4 Å². The van der Waals surface area contributed by atoms with Gasteiger partial charge >= 0.3 is 0 Å². The third-order valence-electron chi connectivity index (χ3n) is 3.98. The van der Waals surface area contributed by atoms with Crippen LogP contribution in [0.15, 0.2) is 36.5 Å². The van der Waals surface area contributed by atoms with Crippen LogP contribution in [-0.2, 0) is 10.0 Å². The van der Waals surface area contributed by atoms with Crippen LogP contribution >= 0.6 is 0 Å².